The van der Waals surface area contributed by atoms with Crippen molar-refractivity contribution < 1.29 is 4.74 Å². The van der Waals surface area contributed by atoms with Gasteiger partial charge in [0.1, 0.15) is 5.75 Å². The maximum absolute atomic E-state index is 5.30. The molecule has 0 amide bonds. The average Bonchev–Trinajstić information content (AvgIpc) is 2.39. The number of anilines is 1. The predicted molar refractivity (Wildman–Crippen MR) is 71.9 cm³/mol. The smallest absolute Gasteiger partial charge is 0.120 e. The van der Waals surface area contributed by atoms with Crippen LogP contribution in [-0.2, 0) is 0 Å². The number of benzene rings is 1. The molecule has 2 rings (SSSR count). The number of rotatable bonds is 3. The summed E-state index contributed by atoms with van der Waals surface area (Å²) in [5.41, 5.74) is 1.27. The van der Waals surface area contributed by atoms with Crippen molar-refractivity contribution in [2.45, 2.75) is 32.4 Å². The minimum absolute atomic E-state index is 0.545. The first-order chi connectivity index (χ1) is 8.24. The number of methoxy groups -OCH3 is 1. The van der Waals surface area contributed by atoms with Crippen LogP contribution >= 0.6 is 0 Å². The Kier molecular flexibility index (Phi) is 3.89. The third-order valence-corrected chi connectivity index (χ3v) is 3.47. The Hall–Kier alpha value is -1.22. The van der Waals surface area contributed by atoms with Gasteiger partial charge >= 0.3 is 0 Å². The molecule has 1 aromatic carbocycles. The Bertz CT molecular complexity index is 367. The summed E-state index contributed by atoms with van der Waals surface area (Å²) >= 11 is 0. The molecule has 0 radical (unpaired) electrons. The lowest BCUT2D eigenvalue weighted by Gasteiger charge is -2.40. The third kappa shape index (κ3) is 2.72. The molecular weight excluding hydrogens is 212 g/mol. The standard InChI is InChI=1S/C14H22N2O/c1-4-12-9-15-11(2)10-16(12)13-6-5-7-14(8-13)17-3/h5-8,11-12,15H,4,9-10H2,1-3H3. The SMILES string of the molecule is CCC1CNC(C)CN1c1cccc(OC)c1. The lowest BCUT2D eigenvalue weighted by molar-refractivity contribution is 0.398. The molecule has 2 unspecified atom stereocenters. The second kappa shape index (κ2) is 5.41. The summed E-state index contributed by atoms with van der Waals surface area (Å²) in [5.74, 6) is 0.934. The van der Waals surface area contributed by atoms with E-state index >= 15 is 0 Å². The van der Waals surface area contributed by atoms with Crippen LogP contribution in [0.5, 0.6) is 5.75 Å². The van der Waals surface area contributed by atoms with Crippen LogP contribution in [0.4, 0.5) is 5.69 Å². The molecule has 1 fully saturated rings. The molecule has 0 aliphatic carbocycles. The second-order valence-electron chi connectivity index (χ2n) is 4.73. The summed E-state index contributed by atoms with van der Waals surface area (Å²) < 4.78 is 5.30. The lowest BCUT2D eigenvalue weighted by Crippen LogP contribution is -2.55. The molecule has 1 heterocycles. The number of hydrogen-bond acceptors (Lipinski definition) is 3. The quantitative estimate of drug-likeness (QED) is 0.868. The van der Waals surface area contributed by atoms with E-state index in [0.29, 0.717) is 12.1 Å². The van der Waals surface area contributed by atoms with E-state index < -0.39 is 0 Å². The predicted octanol–water partition coefficient (Wildman–Crippen LogP) is 2.27. The van der Waals surface area contributed by atoms with Gasteiger partial charge in [-0.05, 0) is 25.5 Å². The number of piperazine rings is 1. The lowest BCUT2D eigenvalue weighted by atomic mass is 10.1. The highest BCUT2D eigenvalue weighted by Crippen LogP contribution is 2.25. The van der Waals surface area contributed by atoms with Gasteiger partial charge in [0.2, 0.25) is 0 Å². The van der Waals surface area contributed by atoms with Crippen molar-refractivity contribution in [1.29, 1.82) is 0 Å². The van der Waals surface area contributed by atoms with E-state index in [1.807, 2.05) is 6.07 Å². The summed E-state index contributed by atoms with van der Waals surface area (Å²) in [6, 6.07) is 9.48. The van der Waals surface area contributed by atoms with Gasteiger partial charge in [0.25, 0.3) is 0 Å². The summed E-state index contributed by atoms with van der Waals surface area (Å²) in [7, 11) is 1.72. The first kappa shape index (κ1) is 12.2. The van der Waals surface area contributed by atoms with Crippen molar-refractivity contribution >= 4 is 5.69 Å². The van der Waals surface area contributed by atoms with Crippen molar-refractivity contribution in [1.82, 2.24) is 5.32 Å². The van der Waals surface area contributed by atoms with Gasteiger partial charge < -0.3 is 15.0 Å². The summed E-state index contributed by atoms with van der Waals surface area (Å²) in [5, 5.41) is 3.54. The van der Waals surface area contributed by atoms with Crippen molar-refractivity contribution in [3.63, 3.8) is 0 Å². The zero-order valence-corrected chi connectivity index (χ0v) is 10.9. The van der Waals surface area contributed by atoms with E-state index in [4.69, 9.17) is 4.74 Å². The Balaban J connectivity index is 2.22. The molecule has 0 spiro atoms. The summed E-state index contributed by atoms with van der Waals surface area (Å²) in [4.78, 5) is 2.49. The van der Waals surface area contributed by atoms with E-state index in [2.05, 4.69) is 42.3 Å². The van der Waals surface area contributed by atoms with Gasteiger partial charge in [-0.2, -0.15) is 0 Å². The molecule has 0 bridgehead atoms. The highest BCUT2D eigenvalue weighted by atomic mass is 16.5. The average molecular weight is 234 g/mol. The molecule has 0 aromatic heterocycles. The van der Waals surface area contributed by atoms with Crippen LogP contribution < -0.4 is 15.0 Å². The molecule has 3 heteroatoms. The molecule has 0 saturated carbocycles. The Morgan fingerprint density at radius 2 is 2.29 bits per heavy atom. The van der Waals surface area contributed by atoms with Crippen molar-refractivity contribution in [3.05, 3.63) is 24.3 Å². The fourth-order valence-corrected chi connectivity index (χ4v) is 2.43. The van der Waals surface area contributed by atoms with Crippen LogP contribution in [0.3, 0.4) is 0 Å². The number of nitrogens with one attached hydrogen (secondary N) is 1. The molecule has 1 aromatic rings. The first-order valence-electron chi connectivity index (χ1n) is 6.38. The fourth-order valence-electron chi connectivity index (χ4n) is 2.43. The highest BCUT2D eigenvalue weighted by molar-refractivity contribution is 5.52. The molecule has 1 N–H and O–H groups in total. The van der Waals surface area contributed by atoms with Gasteiger partial charge in [0.05, 0.1) is 7.11 Å². The molecule has 1 aliphatic rings. The fraction of sp³-hybridized carbons (Fsp3) is 0.571. The van der Waals surface area contributed by atoms with Crippen LogP contribution in [0.1, 0.15) is 20.3 Å². The van der Waals surface area contributed by atoms with Gasteiger partial charge in [-0.1, -0.05) is 13.0 Å². The molecule has 94 valence electrons. The minimum atomic E-state index is 0.545. The van der Waals surface area contributed by atoms with Gasteiger partial charge in [-0.25, -0.2) is 0 Å². The van der Waals surface area contributed by atoms with Crippen molar-refractivity contribution in [3.8, 4) is 5.75 Å². The zero-order valence-electron chi connectivity index (χ0n) is 10.9. The molecule has 1 saturated heterocycles. The van der Waals surface area contributed by atoms with Crippen LogP contribution in [0, 0.1) is 0 Å². The van der Waals surface area contributed by atoms with Gasteiger partial charge in [0, 0.05) is 36.9 Å². The van der Waals surface area contributed by atoms with Crippen LogP contribution in [0.25, 0.3) is 0 Å². The monoisotopic (exact) mass is 234 g/mol. The van der Waals surface area contributed by atoms with Crippen molar-refractivity contribution in [2.24, 2.45) is 0 Å². The van der Waals surface area contributed by atoms with Gasteiger partial charge in [-0.15, -0.1) is 0 Å². The van der Waals surface area contributed by atoms with E-state index in [-0.39, 0.29) is 0 Å². The number of hydrogen-bond donors (Lipinski definition) is 1. The molecule has 2 atom stereocenters. The second-order valence-corrected chi connectivity index (χ2v) is 4.73. The van der Waals surface area contributed by atoms with E-state index in [1.54, 1.807) is 7.11 Å². The van der Waals surface area contributed by atoms with Crippen molar-refractivity contribution in [2.75, 3.05) is 25.1 Å². The maximum Gasteiger partial charge on any atom is 0.120 e. The van der Waals surface area contributed by atoms with E-state index in [0.717, 1.165) is 25.3 Å². The van der Waals surface area contributed by atoms with E-state index in [9.17, 15) is 0 Å². The van der Waals surface area contributed by atoms with Gasteiger partial charge in [0.15, 0.2) is 0 Å². The Morgan fingerprint density at radius 3 is 3.00 bits per heavy atom. The van der Waals surface area contributed by atoms with Crippen LogP contribution in [-0.4, -0.2) is 32.3 Å². The highest BCUT2D eigenvalue weighted by Gasteiger charge is 2.24. The molecule has 1 aliphatic heterocycles. The summed E-state index contributed by atoms with van der Waals surface area (Å²) in [6.45, 7) is 6.61. The minimum Gasteiger partial charge on any atom is -0.497 e. The maximum atomic E-state index is 5.30. The number of ether oxygens (including phenoxy) is 1. The third-order valence-electron chi connectivity index (χ3n) is 3.47. The topological polar surface area (TPSA) is 24.5 Å². The zero-order chi connectivity index (χ0) is 12.3. The van der Waals surface area contributed by atoms with Crippen LogP contribution in [0.15, 0.2) is 24.3 Å². The molecule has 3 nitrogen and oxygen atoms in total. The first-order valence-corrected chi connectivity index (χ1v) is 6.38. The normalized spacial score (nSPS) is 24.8. The van der Waals surface area contributed by atoms with Crippen LogP contribution in [0.2, 0.25) is 0 Å². The molecular formula is C14H22N2O. The Morgan fingerprint density at radius 1 is 1.47 bits per heavy atom. The summed E-state index contributed by atoms with van der Waals surface area (Å²) in [6.07, 6.45) is 1.16. The van der Waals surface area contributed by atoms with E-state index in [1.165, 1.54) is 5.69 Å². The number of nitrogens with zero attached hydrogens (tertiary/aromatic N) is 1. The largest absolute Gasteiger partial charge is 0.497 e. The van der Waals surface area contributed by atoms with Gasteiger partial charge in [-0.3, -0.25) is 0 Å². The Labute approximate surface area is 104 Å². The molecule has 17 heavy (non-hydrogen) atoms.